The van der Waals surface area contributed by atoms with Crippen LogP contribution in [0.25, 0.3) is 0 Å². The Bertz CT molecular complexity index is 926. The van der Waals surface area contributed by atoms with Crippen molar-refractivity contribution in [3.63, 3.8) is 0 Å². The second-order valence-electron chi connectivity index (χ2n) is 6.97. The van der Waals surface area contributed by atoms with Gasteiger partial charge in [0.15, 0.2) is 0 Å². The van der Waals surface area contributed by atoms with Gasteiger partial charge < -0.3 is 25.2 Å². The summed E-state index contributed by atoms with van der Waals surface area (Å²) in [7, 11) is 1.54. The summed E-state index contributed by atoms with van der Waals surface area (Å²) in [6, 6.07) is 13.1. The third-order valence-corrected chi connectivity index (χ3v) is 5.01. The molecule has 0 atom stereocenters. The third kappa shape index (κ3) is 5.84. The number of rotatable bonds is 7. The first-order chi connectivity index (χ1) is 15.0. The fourth-order valence-corrected chi connectivity index (χ4v) is 3.28. The number of non-ortho nitro benzene ring substituents is 1. The van der Waals surface area contributed by atoms with Crippen LogP contribution in [0.2, 0.25) is 0 Å². The maximum absolute atomic E-state index is 12.4. The van der Waals surface area contributed by atoms with E-state index in [1.54, 1.807) is 41.3 Å². The summed E-state index contributed by atoms with van der Waals surface area (Å²) in [5.41, 5.74) is 1.44. The molecule has 0 radical (unpaired) electrons. The predicted octanol–water partition coefficient (Wildman–Crippen LogP) is 1.86. The lowest BCUT2D eigenvalue weighted by atomic mass is 10.2. The zero-order valence-corrected chi connectivity index (χ0v) is 17.2. The van der Waals surface area contributed by atoms with Crippen LogP contribution in [0.3, 0.4) is 0 Å². The van der Waals surface area contributed by atoms with E-state index in [9.17, 15) is 19.7 Å². The number of ether oxygens (including phenoxy) is 1. The third-order valence-electron chi connectivity index (χ3n) is 5.01. The molecule has 0 saturated carbocycles. The number of hydrogen-bond acceptors (Lipinski definition) is 6. The van der Waals surface area contributed by atoms with Gasteiger partial charge in [-0.2, -0.15) is 0 Å². The quantitative estimate of drug-likeness (QED) is 0.396. The molecule has 2 aromatic carbocycles. The van der Waals surface area contributed by atoms with Crippen LogP contribution < -0.4 is 20.3 Å². The molecule has 10 heteroatoms. The lowest BCUT2D eigenvalue weighted by Crippen LogP contribution is -2.52. The monoisotopic (exact) mass is 427 g/mol. The number of nitro benzene ring substituents is 1. The first kappa shape index (κ1) is 21.9. The summed E-state index contributed by atoms with van der Waals surface area (Å²) in [6.45, 7) is 2.98. The highest BCUT2D eigenvalue weighted by atomic mass is 16.6. The number of anilines is 1. The van der Waals surface area contributed by atoms with Crippen LogP contribution >= 0.6 is 0 Å². The molecule has 0 unspecified atom stereocenters. The van der Waals surface area contributed by atoms with Crippen LogP contribution in [0, 0.1) is 10.1 Å². The fraction of sp³-hybridized carbons (Fsp3) is 0.333. The normalized spacial score (nSPS) is 13.5. The molecule has 10 nitrogen and oxygen atoms in total. The standard InChI is InChI=1S/C21H25N5O5/c1-31-19-4-2-3-16(15-19)20(27)22-9-10-23-21(28)25-13-11-24(12-14-25)17-5-7-18(8-6-17)26(29)30/h2-8,15H,9-14H2,1H3,(H,22,27)(H,23,28). The van der Waals surface area contributed by atoms with Gasteiger partial charge in [-0.1, -0.05) is 6.07 Å². The van der Waals surface area contributed by atoms with E-state index >= 15 is 0 Å². The van der Waals surface area contributed by atoms with Crippen LogP contribution in [0.4, 0.5) is 16.2 Å². The van der Waals surface area contributed by atoms with Crippen molar-refractivity contribution in [3.05, 3.63) is 64.2 Å². The number of nitrogens with one attached hydrogen (secondary N) is 2. The average Bonchev–Trinajstić information content (AvgIpc) is 2.81. The van der Waals surface area contributed by atoms with Gasteiger partial charge in [0, 0.05) is 62.7 Å². The molecule has 0 bridgehead atoms. The van der Waals surface area contributed by atoms with Gasteiger partial charge in [0.25, 0.3) is 11.6 Å². The van der Waals surface area contributed by atoms with Gasteiger partial charge in [0.05, 0.1) is 12.0 Å². The molecule has 3 amide bonds. The molecule has 1 heterocycles. The molecular weight excluding hydrogens is 402 g/mol. The highest BCUT2D eigenvalue weighted by molar-refractivity contribution is 5.94. The van der Waals surface area contributed by atoms with Gasteiger partial charge in [0.2, 0.25) is 0 Å². The lowest BCUT2D eigenvalue weighted by Gasteiger charge is -2.36. The number of urea groups is 1. The maximum atomic E-state index is 12.4. The summed E-state index contributed by atoms with van der Waals surface area (Å²) >= 11 is 0. The highest BCUT2D eigenvalue weighted by Crippen LogP contribution is 2.20. The summed E-state index contributed by atoms with van der Waals surface area (Å²) in [5.74, 6) is 0.374. The molecule has 2 aromatic rings. The summed E-state index contributed by atoms with van der Waals surface area (Å²) in [6.07, 6.45) is 0. The first-order valence-electron chi connectivity index (χ1n) is 9.92. The van der Waals surface area contributed by atoms with Crippen LogP contribution in [-0.2, 0) is 0 Å². The Morgan fingerprint density at radius 3 is 2.35 bits per heavy atom. The summed E-state index contributed by atoms with van der Waals surface area (Å²) in [4.78, 5) is 38.6. The number of piperazine rings is 1. The molecule has 3 rings (SSSR count). The Kier molecular flexibility index (Phi) is 7.26. The van der Waals surface area contributed by atoms with Crippen molar-refractivity contribution in [1.82, 2.24) is 15.5 Å². The molecular formula is C21H25N5O5. The average molecular weight is 427 g/mol. The molecule has 0 aliphatic carbocycles. The minimum Gasteiger partial charge on any atom is -0.497 e. The number of carbonyl (C=O) groups is 2. The second-order valence-corrected chi connectivity index (χ2v) is 6.97. The van der Waals surface area contributed by atoms with E-state index in [-0.39, 0.29) is 17.6 Å². The molecule has 1 aliphatic heterocycles. The fourth-order valence-electron chi connectivity index (χ4n) is 3.28. The molecule has 31 heavy (non-hydrogen) atoms. The molecule has 0 aromatic heterocycles. The largest absolute Gasteiger partial charge is 0.497 e. The molecule has 1 saturated heterocycles. The highest BCUT2D eigenvalue weighted by Gasteiger charge is 2.21. The predicted molar refractivity (Wildman–Crippen MR) is 116 cm³/mol. The lowest BCUT2D eigenvalue weighted by molar-refractivity contribution is -0.384. The van der Waals surface area contributed by atoms with E-state index in [0.717, 1.165) is 5.69 Å². The van der Waals surface area contributed by atoms with Gasteiger partial charge >= 0.3 is 6.03 Å². The Morgan fingerprint density at radius 1 is 1.03 bits per heavy atom. The van der Waals surface area contributed by atoms with Crippen LogP contribution in [0.1, 0.15) is 10.4 Å². The number of amides is 3. The number of nitro groups is 1. The SMILES string of the molecule is COc1cccc(C(=O)NCCNC(=O)N2CCN(c3ccc([N+](=O)[O-])cc3)CC2)c1. The molecule has 2 N–H and O–H groups in total. The molecule has 164 valence electrons. The van der Waals surface area contributed by atoms with Crippen LogP contribution in [0.15, 0.2) is 48.5 Å². The van der Waals surface area contributed by atoms with Crippen molar-refractivity contribution in [3.8, 4) is 5.75 Å². The van der Waals surface area contributed by atoms with E-state index in [2.05, 4.69) is 15.5 Å². The minimum absolute atomic E-state index is 0.0558. The smallest absolute Gasteiger partial charge is 0.317 e. The maximum Gasteiger partial charge on any atom is 0.317 e. The molecule has 1 aliphatic rings. The second kappa shape index (κ2) is 10.3. The van der Waals surface area contributed by atoms with E-state index < -0.39 is 4.92 Å². The Balaban J connectivity index is 1.38. The van der Waals surface area contributed by atoms with Crippen molar-refractivity contribution in [2.24, 2.45) is 0 Å². The number of methoxy groups -OCH3 is 1. The van der Waals surface area contributed by atoms with Gasteiger partial charge in [0.1, 0.15) is 5.75 Å². The Morgan fingerprint density at radius 2 is 1.71 bits per heavy atom. The van der Waals surface area contributed by atoms with Gasteiger partial charge in [-0.15, -0.1) is 0 Å². The zero-order chi connectivity index (χ0) is 22.2. The topological polar surface area (TPSA) is 117 Å². The Labute approximate surface area is 179 Å². The Hall–Kier alpha value is -3.82. The van der Waals surface area contributed by atoms with Crippen molar-refractivity contribution < 1.29 is 19.2 Å². The van der Waals surface area contributed by atoms with Crippen LogP contribution in [0.5, 0.6) is 5.75 Å². The van der Waals surface area contributed by atoms with E-state index in [0.29, 0.717) is 50.6 Å². The van der Waals surface area contributed by atoms with Crippen molar-refractivity contribution in [2.75, 3.05) is 51.3 Å². The van der Waals surface area contributed by atoms with Crippen molar-refractivity contribution in [1.29, 1.82) is 0 Å². The van der Waals surface area contributed by atoms with E-state index in [1.807, 2.05) is 0 Å². The number of hydrogen-bond donors (Lipinski definition) is 2. The minimum atomic E-state index is -0.425. The summed E-state index contributed by atoms with van der Waals surface area (Å²) in [5, 5.41) is 16.3. The van der Waals surface area contributed by atoms with Crippen LogP contribution in [-0.4, -0.2) is 68.1 Å². The number of benzene rings is 2. The van der Waals surface area contributed by atoms with Crippen molar-refractivity contribution in [2.45, 2.75) is 0 Å². The zero-order valence-electron chi connectivity index (χ0n) is 17.2. The number of carbonyl (C=O) groups excluding carboxylic acids is 2. The van der Waals surface area contributed by atoms with Gasteiger partial charge in [-0.05, 0) is 30.3 Å². The molecule has 1 fully saturated rings. The van der Waals surface area contributed by atoms with Crippen molar-refractivity contribution >= 4 is 23.3 Å². The van der Waals surface area contributed by atoms with E-state index in [4.69, 9.17) is 4.74 Å². The number of nitrogens with zero attached hydrogens (tertiary/aromatic N) is 3. The molecule has 0 spiro atoms. The van der Waals surface area contributed by atoms with Gasteiger partial charge in [-0.3, -0.25) is 14.9 Å². The first-order valence-corrected chi connectivity index (χ1v) is 9.92. The summed E-state index contributed by atoms with van der Waals surface area (Å²) < 4.78 is 5.11. The van der Waals surface area contributed by atoms with Gasteiger partial charge in [-0.25, -0.2) is 4.79 Å². The van der Waals surface area contributed by atoms with E-state index in [1.165, 1.54) is 19.2 Å².